The van der Waals surface area contributed by atoms with Crippen LogP contribution in [0, 0.1) is 0 Å². The lowest BCUT2D eigenvalue weighted by atomic mass is 10.2. The average Bonchev–Trinajstić information content (AvgIpc) is 2.64. The second kappa shape index (κ2) is 6.19. The van der Waals surface area contributed by atoms with Gasteiger partial charge in [0, 0.05) is 38.7 Å². The lowest BCUT2D eigenvalue weighted by Crippen LogP contribution is -2.34. The molecule has 104 valence electrons. The molecule has 0 atom stereocenters. The summed E-state index contributed by atoms with van der Waals surface area (Å²) < 4.78 is 0. The van der Waals surface area contributed by atoms with Gasteiger partial charge in [0.1, 0.15) is 17.3 Å². The number of amides is 1. The minimum Gasteiger partial charge on any atom is -0.354 e. The van der Waals surface area contributed by atoms with Crippen molar-refractivity contribution in [3.05, 3.63) is 17.0 Å². The van der Waals surface area contributed by atoms with Gasteiger partial charge in [-0.3, -0.25) is 4.79 Å². The monoisotopic (exact) mass is 282 g/mol. The number of halogens is 1. The Balaban J connectivity index is 2.18. The van der Waals surface area contributed by atoms with Crippen LogP contribution in [-0.4, -0.2) is 47.0 Å². The lowest BCUT2D eigenvalue weighted by Gasteiger charge is -2.24. The lowest BCUT2D eigenvalue weighted by molar-refractivity contribution is -0.128. The first-order valence-corrected chi connectivity index (χ1v) is 7.01. The minimum absolute atomic E-state index is 0.137. The van der Waals surface area contributed by atoms with Crippen LogP contribution in [0.15, 0.2) is 6.33 Å². The highest BCUT2D eigenvalue weighted by molar-refractivity contribution is 6.30. The zero-order valence-electron chi connectivity index (χ0n) is 11.4. The Morgan fingerprint density at radius 2 is 2.11 bits per heavy atom. The van der Waals surface area contributed by atoms with Gasteiger partial charge in [0.05, 0.1) is 0 Å². The molecule has 2 rings (SSSR count). The van der Waals surface area contributed by atoms with E-state index in [1.165, 1.54) is 6.33 Å². The van der Waals surface area contributed by atoms with Crippen LogP contribution in [-0.2, 0) is 11.2 Å². The number of hydrogen-bond acceptors (Lipinski definition) is 4. The maximum absolute atomic E-state index is 11.4. The summed E-state index contributed by atoms with van der Waals surface area (Å²) in [7, 11) is 0. The summed E-state index contributed by atoms with van der Waals surface area (Å²) >= 11 is 6.13. The summed E-state index contributed by atoms with van der Waals surface area (Å²) in [4.78, 5) is 23.9. The first-order chi connectivity index (χ1) is 9.13. The van der Waals surface area contributed by atoms with E-state index in [2.05, 4.69) is 14.9 Å². The molecule has 1 aromatic rings. The van der Waals surface area contributed by atoms with Gasteiger partial charge in [-0.2, -0.15) is 0 Å². The van der Waals surface area contributed by atoms with E-state index in [-0.39, 0.29) is 5.91 Å². The summed E-state index contributed by atoms with van der Waals surface area (Å²) in [5.41, 5.74) is 0.987. The zero-order valence-corrected chi connectivity index (χ0v) is 12.2. The van der Waals surface area contributed by atoms with Gasteiger partial charge in [-0.1, -0.05) is 18.5 Å². The summed E-state index contributed by atoms with van der Waals surface area (Å²) in [6.07, 6.45) is 3.26. The van der Waals surface area contributed by atoms with Crippen LogP contribution in [0.5, 0.6) is 0 Å². The van der Waals surface area contributed by atoms with Gasteiger partial charge in [-0.25, -0.2) is 9.97 Å². The summed E-state index contributed by atoms with van der Waals surface area (Å²) in [5.74, 6) is 1.05. The van der Waals surface area contributed by atoms with Gasteiger partial charge >= 0.3 is 0 Å². The SMILES string of the molecule is CCc1c(Cl)ncnc1N1CCCN(C(C)=O)CC1. The van der Waals surface area contributed by atoms with Crippen molar-refractivity contribution in [3.63, 3.8) is 0 Å². The molecule has 0 aliphatic carbocycles. The highest BCUT2D eigenvalue weighted by Crippen LogP contribution is 2.24. The first-order valence-electron chi connectivity index (χ1n) is 6.63. The minimum atomic E-state index is 0.137. The largest absolute Gasteiger partial charge is 0.354 e. The third-order valence-corrected chi connectivity index (χ3v) is 3.79. The molecule has 0 N–H and O–H groups in total. The van der Waals surface area contributed by atoms with Crippen molar-refractivity contribution in [1.82, 2.24) is 14.9 Å². The summed E-state index contributed by atoms with van der Waals surface area (Å²) in [6, 6.07) is 0. The van der Waals surface area contributed by atoms with Crippen LogP contribution in [0.1, 0.15) is 25.8 Å². The van der Waals surface area contributed by atoms with E-state index in [0.29, 0.717) is 5.15 Å². The van der Waals surface area contributed by atoms with E-state index in [1.807, 2.05) is 11.8 Å². The van der Waals surface area contributed by atoms with Crippen LogP contribution in [0.2, 0.25) is 5.15 Å². The standard InChI is InChI=1S/C13H19ClN4O/c1-3-11-12(14)15-9-16-13(11)18-6-4-5-17(7-8-18)10(2)19/h9H,3-8H2,1-2H3. The average molecular weight is 283 g/mol. The van der Waals surface area contributed by atoms with E-state index in [0.717, 1.165) is 50.4 Å². The maximum atomic E-state index is 11.4. The molecule has 1 aliphatic rings. The van der Waals surface area contributed by atoms with E-state index in [1.54, 1.807) is 6.92 Å². The van der Waals surface area contributed by atoms with Crippen molar-refractivity contribution < 1.29 is 4.79 Å². The number of nitrogens with zero attached hydrogens (tertiary/aromatic N) is 4. The van der Waals surface area contributed by atoms with Gasteiger partial charge in [-0.05, 0) is 12.8 Å². The first kappa shape index (κ1) is 14.1. The number of aromatic nitrogens is 2. The molecule has 0 saturated carbocycles. The molecule has 1 fully saturated rings. The Bertz CT molecular complexity index is 466. The van der Waals surface area contributed by atoms with Crippen LogP contribution in [0.25, 0.3) is 0 Å². The predicted molar refractivity (Wildman–Crippen MR) is 75.5 cm³/mol. The molecule has 1 saturated heterocycles. The normalized spacial score (nSPS) is 16.4. The molecule has 0 radical (unpaired) electrons. The van der Waals surface area contributed by atoms with Crippen LogP contribution in [0.4, 0.5) is 5.82 Å². The van der Waals surface area contributed by atoms with Gasteiger partial charge in [0.15, 0.2) is 0 Å². The molecule has 6 heteroatoms. The molecule has 1 aromatic heterocycles. The molecule has 0 spiro atoms. The Morgan fingerprint density at radius 3 is 2.79 bits per heavy atom. The molecule has 19 heavy (non-hydrogen) atoms. The number of hydrogen-bond donors (Lipinski definition) is 0. The van der Waals surface area contributed by atoms with E-state index in [9.17, 15) is 4.79 Å². The van der Waals surface area contributed by atoms with Gasteiger partial charge < -0.3 is 9.80 Å². The third-order valence-electron chi connectivity index (χ3n) is 3.46. The Labute approximate surface area is 118 Å². The summed E-state index contributed by atoms with van der Waals surface area (Å²) in [6.45, 7) is 6.90. The topological polar surface area (TPSA) is 49.3 Å². The second-order valence-corrected chi connectivity index (χ2v) is 5.02. The number of anilines is 1. The van der Waals surface area contributed by atoms with Crippen LogP contribution in [0.3, 0.4) is 0 Å². The molecule has 0 aromatic carbocycles. The molecule has 1 aliphatic heterocycles. The van der Waals surface area contributed by atoms with Crippen molar-refractivity contribution in [3.8, 4) is 0 Å². The smallest absolute Gasteiger partial charge is 0.219 e. The fraction of sp³-hybridized carbons (Fsp3) is 0.615. The van der Waals surface area contributed by atoms with E-state index >= 15 is 0 Å². The van der Waals surface area contributed by atoms with Crippen LogP contribution >= 0.6 is 11.6 Å². The quantitative estimate of drug-likeness (QED) is 0.776. The fourth-order valence-electron chi connectivity index (χ4n) is 2.40. The maximum Gasteiger partial charge on any atom is 0.219 e. The zero-order chi connectivity index (χ0) is 13.8. The van der Waals surface area contributed by atoms with Crippen molar-refractivity contribution in [2.45, 2.75) is 26.7 Å². The summed E-state index contributed by atoms with van der Waals surface area (Å²) in [5, 5.41) is 0.528. The Morgan fingerprint density at radius 1 is 1.32 bits per heavy atom. The van der Waals surface area contributed by atoms with Crippen molar-refractivity contribution in [1.29, 1.82) is 0 Å². The molecule has 0 unspecified atom stereocenters. The van der Waals surface area contributed by atoms with Gasteiger partial charge in [0.2, 0.25) is 5.91 Å². The molecule has 2 heterocycles. The van der Waals surface area contributed by atoms with Gasteiger partial charge in [0.25, 0.3) is 0 Å². The van der Waals surface area contributed by atoms with Crippen molar-refractivity contribution in [2.75, 3.05) is 31.1 Å². The highest BCUT2D eigenvalue weighted by Gasteiger charge is 2.20. The number of carbonyl (C=O) groups is 1. The van der Waals surface area contributed by atoms with Crippen molar-refractivity contribution in [2.24, 2.45) is 0 Å². The molecular weight excluding hydrogens is 264 g/mol. The van der Waals surface area contributed by atoms with E-state index < -0.39 is 0 Å². The van der Waals surface area contributed by atoms with Gasteiger partial charge in [-0.15, -0.1) is 0 Å². The third kappa shape index (κ3) is 3.15. The van der Waals surface area contributed by atoms with Crippen molar-refractivity contribution >= 4 is 23.3 Å². The highest BCUT2D eigenvalue weighted by atomic mass is 35.5. The Kier molecular flexibility index (Phi) is 4.58. The molecule has 0 bridgehead atoms. The molecule has 5 nitrogen and oxygen atoms in total. The molecular formula is C13H19ClN4O. The predicted octanol–water partition coefficient (Wildman–Crippen LogP) is 1.75. The van der Waals surface area contributed by atoms with E-state index in [4.69, 9.17) is 11.6 Å². The fourth-order valence-corrected chi connectivity index (χ4v) is 2.66. The van der Waals surface area contributed by atoms with Crippen LogP contribution < -0.4 is 4.90 Å². The number of carbonyl (C=O) groups excluding carboxylic acids is 1. The Hall–Kier alpha value is -1.36. The molecule has 1 amide bonds. The second-order valence-electron chi connectivity index (χ2n) is 4.67. The number of rotatable bonds is 2.